The zero-order valence-electron chi connectivity index (χ0n) is 14.0. The molecule has 0 bridgehead atoms. The van der Waals surface area contributed by atoms with Crippen LogP contribution in [0.2, 0.25) is 0 Å². The molecule has 0 spiro atoms. The van der Waals surface area contributed by atoms with Crippen molar-refractivity contribution >= 4 is 5.78 Å². The van der Waals surface area contributed by atoms with Crippen molar-refractivity contribution in [2.24, 2.45) is 0 Å². The van der Waals surface area contributed by atoms with E-state index in [0.29, 0.717) is 11.6 Å². The number of ketones is 1. The van der Waals surface area contributed by atoms with Crippen molar-refractivity contribution in [3.63, 3.8) is 0 Å². The number of carbonyl (C=O) groups excluding carboxylic acids is 1. The molecule has 0 atom stereocenters. The molecule has 28 heavy (non-hydrogen) atoms. The molecule has 0 aliphatic carbocycles. The molecule has 0 unspecified atom stereocenters. The number of alkyl halides is 3. The minimum Gasteiger partial charge on any atom is -0.483 e. The van der Waals surface area contributed by atoms with Gasteiger partial charge in [0.15, 0.2) is 29.7 Å². The summed E-state index contributed by atoms with van der Waals surface area (Å²) >= 11 is 0. The lowest BCUT2D eigenvalue weighted by molar-refractivity contribution is -0.141. The van der Waals surface area contributed by atoms with Gasteiger partial charge in [-0.15, -0.1) is 10.2 Å². The molecule has 2 aromatic carbocycles. The Morgan fingerprint density at radius 3 is 2.29 bits per heavy atom. The molecule has 0 fully saturated rings. The second kappa shape index (κ2) is 7.71. The van der Waals surface area contributed by atoms with Crippen LogP contribution in [-0.2, 0) is 6.18 Å². The van der Waals surface area contributed by atoms with Crippen molar-refractivity contribution in [2.75, 3.05) is 6.61 Å². The van der Waals surface area contributed by atoms with E-state index in [0.717, 1.165) is 18.2 Å². The molecule has 3 rings (SSSR count). The Kier molecular flexibility index (Phi) is 5.34. The van der Waals surface area contributed by atoms with Gasteiger partial charge in [0.1, 0.15) is 11.4 Å². The van der Waals surface area contributed by atoms with Crippen molar-refractivity contribution in [1.82, 2.24) is 10.2 Å². The van der Waals surface area contributed by atoms with Crippen LogP contribution >= 0.6 is 0 Å². The summed E-state index contributed by atoms with van der Waals surface area (Å²) in [6.07, 6.45) is -4.80. The van der Waals surface area contributed by atoms with E-state index in [1.165, 1.54) is 12.1 Å². The number of benzene rings is 2. The van der Waals surface area contributed by atoms with Crippen LogP contribution < -0.4 is 4.74 Å². The molecule has 144 valence electrons. The first kappa shape index (κ1) is 19.4. The van der Waals surface area contributed by atoms with E-state index in [2.05, 4.69) is 10.2 Å². The van der Waals surface area contributed by atoms with E-state index >= 15 is 0 Å². The SMILES string of the molecule is O=C(COc1cc(C(F)(F)F)nnc1-c1ccc(F)c(F)c1)c1ccccc1. The van der Waals surface area contributed by atoms with Crippen molar-refractivity contribution in [3.05, 3.63) is 77.5 Å². The first-order chi connectivity index (χ1) is 13.3. The van der Waals surface area contributed by atoms with Gasteiger partial charge >= 0.3 is 6.18 Å². The molecule has 0 saturated carbocycles. The monoisotopic (exact) mass is 394 g/mol. The van der Waals surface area contributed by atoms with E-state index in [1.54, 1.807) is 18.2 Å². The van der Waals surface area contributed by atoms with Gasteiger partial charge < -0.3 is 4.74 Å². The summed E-state index contributed by atoms with van der Waals surface area (Å²) in [6.45, 7) is -0.580. The van der Waals surface area contributed by atoms with Gasteiger partial charge in [-0.1, -0.05) is 30.3 Å². The summed E-state index contributed by atoms with van der Waals surface area (Å²) in [4.78, 5) is 12.2. The van der Waals surface area contributed by atoms with Crippen molar-refractivity contribution in [2.45, 2.75) is 6.18 Å². The van der Waals surface area contributed by atoms with Gasteiger partial charge in [-0.25, -0.2) is 8.78 Å². The third-order valence-electron chi connectivity index (χ3n) is 3.70. The first-order valence-electron chi connectivity index (χ1n) is 7.87. The fourth-order valence-corrected chi connectivity index (χ4v) is 2.32. The second-order valence-electron chi connectivity index (χ2n) is 5.65. The van der Waals surface area contributed by atoms with E-state index in [-0.39, 0.29) is 11.3 Å². The van der Waals surface area contributed by atoms with Gasteiger partial charge in [-0.05, 0) is 18.2 Å². The molecule has 4 nitrogen and oxygen atoms in total. The van der Waals surface area contributed by atoms with Gasteiger partial charge in [0, 0.05) is 17.2 Å². The van der Waals surface area contributed by atoms with Crippen LogP contribution in [0.15, 0.2) is 54.6 Å². The molecule has 9 heteroatoms. The fraction of sp³-hybridized carbons (Fsp3) is 0.105. The molecule has 0 amide bonds. The Labute approximate surface area is 155 Å². The summed E-state index contributed by atoms with van der Waals surface area (Å²) in [7, 11) is 0. The van der Waals surface area contributed by atoms with Gasteiger partial charge in [-0.2, -0.15) is 13.2 Å². The predicted molar refractivity (Wildman–Crippen MR) is 88.7 cm³/mol. The van der Waals surface area contributed by atoms with Crippen molar-refractivity contribution in [1.29, 1.82) is 0 Å². The largest absolute Gasteiger partial charge is 0.483 e. The zero-order valence-corrected chi connectivity index (χ0v) is 14.0. The van der Waals surface area contributed by atoms with E-state index < -0.39 is 41.6 Å². The Morgan fingerprint density at radius 2 is 1.64 bits per heavy atom. The quantitative estimate of drug-likeness (QED) is 0.465. The zero-order chi connectivity index (χ0) is 20.3. The molecule has 1 heterocycles. The number of halogens is 5. The molecule has 3 aromatic rings. The van der Waals surface area contributed by atoms with Crippen LogP contribution in [-0.4, -0.2) is 22.6 Å². The van der Waals surface area contributed by atoms with Gasteiger partial charge in [0.25, 0.3) is 0 Å². The molecule has 0 radical (unpaired) electrons. The number of nitrogens with zero attached hydrogens (tertiary/aromatic N) is 2. The first-order valence-corrected chi connectivity index (χ1v) is 7.87. The predicted octanol–water partition coefficient (Wildman–Crippen LogP) is 4.70. The molecule has 0 N–H and O–H groups in total. The van der Waals surface area contributed by atoms with Gasteiger partial charge in [0.2, 0.25) is 0 Å². The highest BCUT2D eigenvalue weighted by atomic mass is 19.4. The number of rotatable bonds is 5. The Balaban J connectivity index is 1.96. The lowest BCUT2D eigenvalue weighted by atomic mass is 10.1. The Hall–Kier alpha value is -3.36. The molecule has 0 aliphatic rings. The average Bonchev–Trinajstić information content (AvgIpc) is 2.68. The smallest absolute Gasteiger partial charge is 0.435 e. The van der Waals surface area contributed by atoms with Gasteiger partial charge in [0.05, 0.1) is 0 Å². The summed E-state index contributed by atoms with van der Waals surface area (Å²) in [5.41, 5.74) is -1.36. The Bertz CT molecular complexity index is 1010. The maximum atomic E-state index is 13.5. The normalized spacial score (nSPS) is 11.3. The minimum absolute atomic E-state index is 0.0534. The standard InChI is InChI=1S/C19H11F5N2O2/c20-13-7-6-12(8-14(13)21)18-16(9-17(25-26-18)19(22,23)24)28-10-15(27)11-4-2-1-3-5-11/h1-9H,10H2. The highest BCUT2D eigenvalue weighted by Gasteiger charge is 2.34. The number of ether oxygens (including phenoxy) is 1. The van der Waals surface area contributed by atoms with E-state index in [1.807, 2.05) is 0 Å². The lowest BCUT2D eigenvalue weighted by Gasteiger charge is -2.13. The van der Waals surface area contributed by atoms with Crippen LogP contribution in [0.4, 0.5) is 22.0 Å². The van der Waals surface area contributed by atoms with Crippen molar-refractivity contribution in [3.8, 4) is 17.0 Å². The highest BCUT2D eigenvalue weighted by Crippen LogP contribution is 2.34. The summed E-state index contributed by atoms with van der Waals surface area (Å²) in [6, 6.07) is 11.2. The average molecular weight is 394 g/mol. The number of carbonyl (C=O) groups is 1. The molecule has 1 aromatic heterocycles. The molecule has 0 saturated heterocycles. The summed E-state index contributed by atoms with van der Waals surface area (Å²) < 4.78 is 70.7. The number of hydrogen-bond acceptors (Lipinski definition) is 4. The Morgan fingerprint density at radius 1 is 0.929 bits per heavy atom. The van der Waals surface area contributed by atoms with Crippen LogP contribution in [0, 0.1) is 11.6 Å². The molecular formula is C19H11F5N2O2. The van der Waals surface area contributed by atoms with Crippen LogP contribution in [0.1, 0.15) is 16.1 Å². The van der Waals surface area contributed by atoms with E-state index in [4.69, 9.17) is 4.74 Å². The molecular weight excluding hydrogens is 383 g/mol. The maximum Gasteiger partial charge on any atom is 0.435 e. The lowest BCUT2D eigenvalue weighted by Crippen LogP contribution is -2.15. The van der Waals surface area contributed by atoms with Crippen LogP contribution in [0.3, 0.4) is 0 Å². The third-order valence-corrected chi connectivity index (χ3v) is 3.70. The summed E-state index contributed by atoms with van der Waals surface area (Å²) in [5.74, 6) is -3.27. The number of Topliss-reactive ketones (excluding diaryl/α,β-unsaturated/α-hetero) is 1. The number of aromatic nitrogens is 2. The fourth-order valence-electron chi connectivity index (χ4n) is 2.32. The van der Waals surface area contributed by atoms with Crippen LogP contribution in [0.25, 0.3) is 11.3 Å². The van der Waals surface area contributed by atoms with E-state index in [9.17, 15) is 26.7 Å². The topological polar surface area (TPSA) is 52.1 Å². The highest BCUT2D eigenvalue weighted by molar-refractivity contribution is 5.97. The van der Waals surface area contributed by atoms with Crippen molar-refractivity contribution < 1.29 is 31.5 Å². The number of hydrogen-bond donors (Lipinski definition) is 0. The van der Waals surface area contributed by atoms with Gasteiger partial charge in [-0.3, -0.25) is 4.79 Å². The molecule has 0 aliphatic heterocycles. The maximum absolute atomic E-state index is 13.5. The van der Waals surface area contributed by atoms with Crippen LogP contribution in [0.5, 0.6) is 5.75 Å². The third kappa shape index (κ3) is 4.30. The minimum atomic E-state index is -4.80. The second-order valence-corrected chi connectivity index (χ2v) is 5.65. The summed E-state index contributed by atoms with van der Waals surface area (Å²) in [5, 5.41) is 6.51.